The van der Waals surface area contributed by atoms with Crippen molar-refractivity contribution in [1.29, 1.82) is 0 Å². The number of carboxylic acids is 1. The number of phenolic OH excluding ortho intramolecular Hbond substituents is 1. The zero-order valence-electron chi connectivity index (χ0n) is 17.3. The fourth-order valence-electron chi connectivity index (χ4n) is 3.60. The Labute approximate surface area is 175 Å². The first-order chi connectivity index (χ1) is 14.5. The number of aliphatic carboxylic acids is 1. The van der Waals surface area contributed by atoms with Crippen LogP contribution in [0.5, 0.6) is 23.0 Å². The van der Waals surface area contributed by atoms with Gasteiger partial charge in [0, 0.05) is 24.9 Å². The number of benzene rings is 2. The number of hydrogen-bond acceptors (Lipinski definition) is 7. The molecular weight excluding hydrogens is 388 g/mol. The maximum atomic E-state index is 11.0. The summed E-state index contributed by atoms with van der Waals surface area (Å²) in [6, 6.07) is 10.6. The second-order valence-electron chi connectivity index (χ2n) is 6.94. The lowest BCUT2D eigenvalue weighted by Gasteiger charge is -2.25. The van der Waals surface area contributed by atoms with Crippen molar-refractivity contribution < 1.29 is 29.2 Å². The summed E-state index contributed by atoms with van der Waals surface area (Å²) in [7, 11) is 4.68. The van der Waals surface area contributed by atoms with Crippen molar-refractivity contribution >= 4 is 11.7 Å². The molecule has 8 heteroatoms. The summed E-state index contributed by atoms with van der Waals surface area (Å²) in [5.41, 5.74) is 2.56. The molecule has 0 fully saturated rings. The fraction of sp³-hybridized carbons (Fsp3) is 0.364. The van der Waals surface area contributed by atoms with Crippen molar-refractivity contribution in [2.75, 3.05) is 27.9 Å². The van der Waals surface area contributed by atoms with E-state index in [2.05, 4.69) is 0 Å². The van der Waals surface area contributed by atoms with Crippen molar-refractivity contribution in [2.24, 2.45) is 5.10 Å². The Hall–Kier alpha value is -3.42. The summed E-state index contributed by atoms with van der Waals surface area (Å²) < 4.78 is 16.4. The molecule has 1 aliphatic heterocycles. The Morgan fingerprint density at radius 3 is 2.40 bits per heavy atom. The van der Waals surface area contributed by atoms with E-state index in [1.165, 1.54) is 0 Å². The molecule has 0 radical (unpaired) electrons. The number of ether oxygens (including phenoxy) is 3. The van der Waals surface area contributed by atoms with E-state index in [0.29, 0.717) is 36.6 Å². The van der Waals surface area contributed by atoms with Crippen LogP contribution in [0.3, 0.4) is 0 Å². The molecule has 1 unspecified atom stereocenters. The molecule has 30 heavy (non-hydrogen) atoms. The van der Waals surface area contributed by atoms with Crippen molar-refractivity contribution in [3.8, 4) is 23.0 Å². The smallest absolute Gasteiger partial charge is 0.303 e. The van der Waals surface area contributed by atoms with Crippen LogP contribution < -0.4 is 14.2 Å². The topological polar surface area (TPSA) is 101 Å². The van der Waals surface area contributed by atoms with E-state index in [9.17, 15) is 9.90 Å². The van der Waals surface area contributed by atoms with Gasteiger partial charge in [0.25, 0.3) is 0 Å². The third-order valence-electron chi connectivity index (χ3n) is 5.02. The molecule has 0 saturated heterocycles. The minimum atomic E-state index is -0.837. The zero-order chi connectivity index (χ0) is 21.7. The minimum absolute atomic E-state index is 0.0649. The number of carbonyl (C=O) groups is 1. The summed E-state index contributed by atoms with van der Waals surface area (Å²) in [6.45, 7) is 0.482. The molecule has 1 aliphatic rings. The molecule has 0 amide bonds. The summed E-state index contributed by atoms with van der Waals surface area (Å²) in [4.78, 5) is 11.0. The van der Waals surface area contributed by atoms with Gasteiger partial charge in [0.2, 0.25) is 5.75 Å². The van der Waals surface area contributed by atoms with E-state index in [4.69, 9.17) is 24.4 Å². The Balaban J connectivity index is 1.96. The van der Waals surface area contributed by atoms with Crippen LogP contribution in [-0.4, -0.2) is 54.8 Å². The maximum Gasteiger partial charge on any atom is 0.303 e. The van der Waals surface area contributed by atoms with Crippen LogP contribution in [0.25, 0.3) is 0 Å². The molecule has 2 aromatic carbocycles. The Morgan fingerprint density at radius 1 is 1.13 bits per heavy atom. The zero-order valence-corrected chi connectivity index (χ0v) is 17.3. The van der Waals surface area contributed by atoms with Gasteiger partial charge in [0.15, 0.2) is 11.5 Å². The van der Waals surface area contributed by atoms with Crippen LogP contribution >= 0.6 is 0 Å². The van der Waals surface area contributed by atoms with Gasteiger partial charge in [0.05, 0.1) is 33.1 Å². The summed E-state index contributed by atoms with van der Waals surface area (Å²) in [6.07, 6.45) is 1.12. The van der Waals surface area contributed by atoms with Gasteiger partial charge in [-0.15, -0.1) is 0 Å². The van der Waals surface area contributed by atoms with Gasteiger partial charge in [-0.05, 0) is 36.2 Å². The first-order valence-corrected chi connectivity index (χ1v) is 9.62. The van der Waals surface area contributed by atoms with Crippen LogP contribution in [0, 0.1) is 0 Å². The van der Waals surface area contributed by atoms with E-state index in [1.807, 2.05) is 23.2 Å². The van der Waals surface area contributed by atoms with Crippen LogP contribution in [0.1, 0.15) is 36.4 Å². The molecule has 160 valence electrons. The predicted octanol–water partition coefficient (Wildman–Crippen LogP) is 3.43. The molecule has 0 aromatic heterocycles. The molecule has 1 heterocycles. The normalized spacial score (nSPS) is 15.6. The Kier molecular flexibility index (Phi) is 6.66. The lowest BCUT2D eigenvalue weighted by atomic mass is 9.97. The molecular formula is C22H26N2O6. The van der Waals surface area contributed by atoms with Gasteiger partial charge in [-0.2, -0.15) is 5.10 Å². The van der Waals surface area contributed by atoms with Crippen molar-refractivity contribution in [3.63, 3.8) is 0 Å². The molecule has 3 rings (SSSR count). The Bertz CT molecular complexity index is 918. The van der Waals surface area contributed by atoms with Crippen LogP contribution in [-0.2, 0) is 4.79 Å². The maximum absolute atomic E-state index is 11.0. The quantitative estimate of drug-likeness (QED) is 0.648. The number of nitrogens with zero attached hydrogens (tertiary/aromatic N) is 2. The van der Waals surface area contributed by atoms with Gasteiger partial charge in [-0.3, -0.25) is 9.80 Å². The molecule has 8 nitrogen and oxygen atoms in total. The monoisotopic (exact) mass is 414 g/mol. The first kappa shape index (κ1) is 21.3. The van der Waals surface area contributed by atoms with Crippen LogP contribution in [0.4, 0.5) is 0 Å². The Morgan fingerprint density at radius 2 is 1.83 bits per heavy atom. The van der Waals surface area contributed by atoms with Crippen molar-refractivity contribution in [2.45, 2.75) is 25.3 Å². The largest absolute Gasteiger partial charge is 0.508 e. The van der Waals surface area contributed by atoms with Gasteiger partial charge in [-0.25, -0.2) is 0 Å². The number of phenols is 1. The van der Waals surface area contributed by atoms with Gasteiger partial charge >= 0.3 is 5.97 Å². The van der Waals surface area contributed by atoms with Crippen LogP contribution in [0.2, 0.25) is 0 Å². The third-order valence-corrected chi connectivity index (χ3v) is 5.02. The standard InChI is InChI=1S/C22H26N2O6/c1-28-19-11-15(12-20(29-2)22(19)30-3)18-13-17(14-6-4-7-16(25)10-14)23-24(18)9-5-8-21(26)27/h4,6-7,10-12,18,25H,5,8-9,13H2,1-3H3,(H,26,27). The molecule has 0 aliphatic carbocycles. The minimum Gasteiger partial charge on any atom is -0.508 e. The molecule has 2 aromatic rings. The summed E-state index contributed by atoms with van der Waals surface area (Å²) >= 11 is 0. The highest BCUT2D eigenvalue weighted by atomic mass is 16.5. The molecule has 0 spiro atoms. The molecule has 2 N–H and O–H groups in total. The molecule has 1 atom stereocenters. The number of rotatable bonds is 9. The SMILES string of the molecule is COc1cc(C2CC(c3cccc(O)c3)=NN2CCCC(=O)O)cc(OC)c1OC. The van der Waals surface area contributed by atoms with Crippen molar-refractivity contribution in [3.05, 3.63) is 47.5 Å². The highest BCUT2D eigenvalue weighted by Gasteiger charge is 2.30. The van der Waals surface area contributed by atoms with Crippen molar-refractivity contribution in [1.82, 2.24) is 5.01 Å². The number of hydrazone groups is 1. The van der Waals surface area contributed by atoms with Crippen LogP contribution in [0.15, 0.2) is 41.5 Å². The third kappa shape index (κ3) is 4.59. The summed E-state index contributed by atoms with van der Waals surface area (Å²) in [5.74, 6) is 0.930. The van der Waals surface area contributed by atoms with Gasteiger partial charge in [-0.1, -0.05) is 12.1 Å². The van der Waals surface area contributed by atoms with E-state index >= 15 is 0 Å². The second kappa shape index (κ2) is 9.39. The summed E-state index contributed by atoms with van der Waals surface area (Å²) in [5, 5.41) is 25.5. The highest BCUT2D eigenvalue weighted by molar-refractivity contribution is 6.02. The lowest BCUT2D eigenvalue weighted by molar-refractivity contribution is -0.137. The van der Waals surface area contributed by atoms with Gasteiger partial charge in [0.1, 0.15) is 5.75 Å². The number of hydrogen-bond donors (Lipinski definition) is 2. The van der Waals surface area contributed by atoms with Gasteiger partial charge < -0.3 is 24.4 Å². The second-order valence-corrected chi connectivity index (χ2v) is 6.94. The molecule has 0 bridgehead atoms. The number of methoxy groups -OCH3 is 3. The average Bonchev–Trinajstić information content (AvgIpc) is 3.16. The fourth-order valence-corrected chi connectivity index (χ4v) is 3.60. The number of aromatic hydroxyl groups is 1. The number of carboxylic acid groups (broad SMARTS) is 1. The lowest BCUT2D eigenvalue weighted by Crippen LogP contribution is -2.21. The average molecular weight is 414 g/mol. The van der Waals surface area contributed by atoms with E-state index < -0.39 is 5.97 Å². The predicted molar refractivity (Wildman–Crippen MR) is 112 cm³/mol. The first-order valence-electron chi connectivity index (χ1n) is 9.62. The van der Waals surface area contributed by atoms with E-state index in [-0.39, 0.29) is 18.2 Å². The highest BCUT2D eigenvalue weighted by Crippen LogP contribution is 2.43. The molecule has 0 saturated carbocycles. The van der Waals surface area contributed by atoms with E-state index in [0.717, 1.165) is 16.8 Å². The van der Waals surface area contributed by atoms with E-state index in [1.54, 1.807) is 39.5 Å².